The molecule has 2 aromatic rings. The summed E-state index contributed by atoms with van der Waals surface area (Å²) in [6.07, 6.45) is 3.02. The van der Waals surface area contributed by atoms with Crippen LogP contribution in [0.3, 0.4) is 0 Å². The Hall–Kier alpha value is -3.00. The van der Waals surface area contributed by atoms with Crippen LogP contribution < -0.4 is 0 Å². The summed E-state index contributed by atoms with van der Waals surface area (Å²) < 4.78 is 18.3. The largest absolute Gasteiger partial charge is 0.462 e. The van der Waals surface area contributed by atoms with E-state index >= 15 is 0 Å². The first kappa shape index (κ1) is 14.6. The van der Waals surface area contributed by atoms with Crippen LogP contribution in [0.5, 0.6) is 0 Å². The number of amides is 1. The van der Waals surface area contributed by atoms with E-state index in [0.717, 1.165) is 11.8 Å². The van der Waals surface area contributed by atoms with Gasteiger partial charge in [0.1, 0.15) is 5.82 Å². The lowest BCUT2D eigenvalue weighted by atomic mass is 10.1. The summed E-state index contributed by atoms with van der Waals surface area (Å²) in [5.41, 5.74) is 0.695. The van der Waals surface area contributed by atoms with Crippen LogP contribution in [0.25, 0.3) is 6.08 Å². The lowest BCUT2D eigenvalue weighted by molar-refractivity contribution is -0.114. The highest BCUT2D eigenvalue weighted by Crippen LogP contribution is 2.30. The third kappa shape index (κ3) is 2.46. The standard InChI is InChI=1S/C16H9FN4O2S/c17-10-5-3-9(4-6-10)8-11-13(18)21-16(19-14(11)22)24-15(20-21)12-2-1-7-23-12/h1-8,18H. The van der Waals surface area contributed by atoms with E-state index in [1.165, 1.54) is 41.6 Å². The first-order chi connectivity index (χ1) is 11.6. The zero-order chi connectivity index (χ0) is 16.7. The molecule has 0 bridgehead atoms. The Morgan fingerprint density at radius 1 is 1.25 bits per heavy atom. The summed E-state index contributed by atoms with van der Waals surface area (Å²) in [5, 5.41) is 14.7. The van der Waals surface area contributed by atoms with E-state index in [-0.39, 0.29) is 17.2 Å². The topological polar surface area (TPSA) is 82.0 Å². The average Bonchev–Trinajstić information content (AvgIpc) is 3.22. The predicted molar refractivity (Wildman–Crippen MR) is 89.2 cm³/mol. The minimum Gasteiger partial charge on any atom is -0.462 e. The number of furan rings is 1. The molecule has 3 heterocycles. The van der Waals surface area contributed by atoms with E-state index in [4.69, 9.17) is 9.83 Å². The molecule has 2 aliphatic heterocycles. The number of hydrogen-bond acceptors (Lipinski definition) is 5. The number of hydrazone groups is 1. The van der Waals surface area contributed by atoms with Gasteiger partial charge in [0.15, 0.2) is 16.6 Å². The van der Waals surface area contributed by atoms with Crippen LogP contribution in [0.2, 0.25) is 0 Å². The second kappa shape index (κ2) is 5.57. The van der Waals surface area contributed by atoms with Crippen LogP contribution in [0.15, 0.2) is 62.7 Å². The van der Waals surface area contributed by atoms with Gasteiger partial charge in [0.05, 0.1) is 11.8 Å². The number of nitrogens with zero attached hydrogens (tertiary/aromatic N) is 3. The van der Waals surface area contributed by atoms with E-state index < -0.39 is 5.91 Å². The lowest BCUT2D eigenvalue weighted by Crippen LogP contribution is -2.35. The van der Waals surface area contributed by atoms with Crippen LogP contribution in [0.1, 0.15) is 11.3 Å². The normalized spacial score (nSPS) is 18.7. The van der Waals surface area contributed by atoms with Crippen molar-refractivity contribution in [2.75, 3.05) is 0 Å². The average molecular weight is 340 g/mol. The molecule has 0 saturated carbocycles. The molecule has 6 nitrogen and oxygen atoms in total. The number of carbonyl (C=O) groups excluding carboxylic acids is 1. The molecule has 1 aromatic carbocycles. The number of fused-ring (bicyclic) bond motifs is 1. The lowest BCUT2D eigenvalue weighted by Gasteiger charge is -2.20. The summed E-state index contributed by atoms with van der Waals surface area (Å²) in [5.74, 6) is -0.435. The van der Waals surface area contributed by atoms with Gasteiger partial charge in [0.25, 0.3) is 5.91 Å². The van der Waals surface area contributed by atoms with Crippen LogP contribution in [-0.2, 0) is 4.79 Å². The van der Waals surface area contributed by atoms with Gasteiger partial charge in [-0.3, -0.25) is 10.2 Å². The molecule has 0 aliphatic carbocycles. The highest BCUT2D eigenvalue weighted by atomic mass is 32.2. The zero-order valence-corrected chi connectivity index (χ0v) is 12.9. The number of amidine groups is 2. The van der Waals surface area contributed by atoms with Crippen LogP contribution in [-0.4, -0.2) is 27.0 Å². The van der Waals surface area contributed by atoms with E-state index in [1.807, 2.05) is 0 Å². The van der Waals surface area contributed by atoms with Gasteiger partial charge in [-0.2, -0.15) is 15.1 Å². The Labute approximate surface area is 139 Å². The highest BCUT2D eigenvalue weighted by molar-refractivity contribution is 8.27. The first-order valence-corrected chi connectivity index (χ1v) is 7.73. The smallest absolute Gasteiger partial charge is 0.283 e. The number of hydrogen-bond donors (Lipinski definition) is 1. The van der Waals surface area contributed by atoms with E-state index in [1.54, 1.807) is 12.1 Å². The molecule has 0 atom stereocenters. The van der Waals surface area contributed by atoms with E-state index in [2.05, 4.69) is 10.1 Å². The Morgan fingerprint density at radius 3 is 2.75 bits per heavy atom. The third-order valence-corrected chi connectivity index (χ3v) is 4.29. The number of rotatable bonds is 2. The van der Waals surface area contributed by atoms with Gasteiger partial charge in [-0.25, -0.2) is 4.39 Å². The SMILES string of the molecule is N=C1C(=Cc2ccc(F)cc2)C(=O)N=C2SC(c3ccco3)=NN12. The van der Waals surface area contributed by atoms with Gasteiger partial charge in [-0.05, 0) is 47.7 Å². The molecule has 2 aliphatic rings. The quantitative estimate of drug-likeness (QED) is 0.852. The van der Waals surface area contributed by atoms with Gasteiger partial charge >= 0.3 is 0 Å². The maximum absolute atomic E-state index is 13.0. The monoisotopic (exact) mass is 340 g/mol. The number of thioether (sulfide) groups is 1. The fourth-order valence-corrected chi connectivity index (χ4v) is 3.08. The molecule has 0 spiro atoms. The summed E-state index contributed by atoms with van der Waals surface area (Å²) in [6, 6.07) is 9.10. The fourth-order valence-electron chi connectivity index (χ4n) is 2.22. The summed E-state index contributed by atoms with van der Waals surface area (Å²) in [6.45, 7) is 0. The van der Waals surface area contributed by atoms with Crippen molar-refractivity contribution in [1.82, 2.24) is 5.01 Å². The Balaban J connectivity index is 1.70. The Morgan fingerprint density at radius 2 is 2.04 bits per heavy atom. The third-order valence-electron chi connectivity index (χ3n) is 3.37. The number of aliphatic imine (C=N–C) groups is 1. The van der Waals surface area contributed by atoms with Crippen molar-refractivity contribution >= 4 is 39.8 Å². The molecule has 4 rings (SSSR count). The minimum absolute atomic E-state index is 0.0802. The van der Waals surface area contributed by atoms with Crippen molar-refractivity contribution in [3.8, 4) is 0 Å². The molecule has 118 valence electrons. The molecule has 0 unspecified atom stereocenters. The molecule has 24 heavy (non-hydrogen) atoms. The van der Waals surface area contributed by atoms with Crippen molar-refractivity contribution in [2.45, 2.75) is 0 Å². The maximum Gasteiger partial charge on any atom is 0.283 e. The van der Waals surface area contributed by atoms with Gasteiger partial charge in [-0.1, -0.05) is 12.1 Å². The molecular weight excluding hydrogens is 331 g/mol. The Kier molecular flexibility index (Phi) is 3.39. The Bertz CT molecular complexity index is 929. The minimum atomic E-state index is -0.529. The van der Waals surface area contributed by atoms with Crippen molar-refractivity contribution < 1.29 is 13.6 Å². The molecule has 1 amide bonds. The first-order valence-electron chi connectivity index (χ1n) is 6.91. The predicted octanol–water partition coefficient (Wildman–Crippen LogP) is 3.09. The molecule has 0 saturated heterocycles. The number of nitrogens with one attached hydrogen (secondary N) is 1. The van der Waals surface area contributed by atoms with E-state index in [9.17, 15) is 9.18 Å². The van der Waals surface area contributed by atoms with Crippen molar-refractivity contribution in [3.63, 3.8) is 0 Å². The second-order valence-electron chi connectivity index (χ2n) is 4.95. The van der Waals surface area contributed by atoms with Crippen molar-refractivity contribution in [3.05, 3.63) is 65.4 Å². The van der Waals surface area contributed by atoms with Crippen molar-refractivity contribution in [1.29, 1.82) is 5.41 Å². The van der Waals surface area contributed by atoms with Crippen LogP contribution in [0, 0.1) is 11.2 Å². The molecule has 1 N–H and O–H groups in total. The summed E-state index contributed by atoms with van der Waals surface area (Å²) in [4.78, 5) is 16.2. The van der Waals surface area contributed by atoms with Crippen LogP contribution >= 0.6 is 11.8 Å². The van der Waals surface area contributed by atoms with Gasteiger partial charge in [-0.15, -0.1) is 0 Å². The number of benzene rings is 1. The van der Waals surface area contributed by atoms with Gasteiger partial charge in [0.2, 0.25) is 5.17 Å². The fraction of sp³-hybridized carbons (Fsp3) is 0. The molecule has 8 heteroatoms. The highest BCUT2D eigenvalue weighted by Gasteiger charge is 2.36. The van der Waals surface area contributed by atoms with Gasteiger partial charge < -0.3 is 4.42 Å². The van der Waals surface area contributed by atoms with Crippen molar-refractivity contribution in [2.24, 2.45) is 10.1 Å². The number of halogens is 1. The van der Waals surface area contributed by atoms with Crippen LogP contribution in [0.4, 0.5) is 4.39 Å². The number of carbonyl (C=O) groups is 1. The summed E-state index contributed by atoms with van der Waals surface area (Å²) in [7, 11) is 0. The van der Waals surface area contributed by atoms with E-state index in [0.29, 0.717) is 21.5 Å². The summed E-state index contributed by atoms with van der Waals surface area (Å²) >= 11 is 1.16. The molecular formula is C16H9FN4O2S. The molecule has 0 radical (unpaired) electrons. The maximum atomic E-state index is 13.0. The van der Waals surface area contributed by atoms with Gasteiger partial charge in [0, 0.05) is 0 Å². The second-order valence-corrected chi connectivity index (χ2v) is 5.91. The molecule has 0 fully saturated rings. The molecule has 1 aromatic heterocycles. The zero-order valence-electron chi connectivity index (χ0n) is 12.1.